The maximum absolute atomic E-state index is 12.3. The van der Waals surface area contributed by atoms with Crippen molar-refractivity contribution in [2.75, 3.05) is 13.7 Å². The van der Waals surface area contributed by atoms with E-state index in [1.165, 1.54) is 0 Å². The third-order valence-corrected chi connectivity index (χ3v) is 4.49. The quantitative estimate of drug-likeness (QED) is 0.809. The molecule has 1 saturated carbocycles. The number of halogens is 1. The van der Waals surface area contributed by atoms with Crippen LogP contribution in [0.3, 0.4) is 0 Å². The molecule has 1 fully saturated rings. The van der Waals surface area contributed by atoms with Crippen LogP contribution in [0.15, 0.2) is 24.3 Å². The fraction of sp³-hybridized carbons (Fsp3) is 0.588. The van der Waals surface area contributed by atoms with Crippen LogP contribution in [0.2, 0.25) is 0 Å². The Morgan fingerprint density at radius 1 is 1.45 bits per heavy atom. The van der Waals surface area contributed by atoms with E-state index >= 15 is 0 Å². The summed E-state index contributed by atoms with van der Waals surface area (Å²) in [5.74, 6) is 1.55. The van der Waals surface area contributed by atoms with Gasteiger partial charge in [-0.05, 0) is 43.2 Å². The molecule has 124 valence electrons. The third kappa shape index (κ3) is 4.37. The molecule has 22 heavy (non-hydrogen) atoms. The zero-order valence-electron chi connectivity index (χ0n) is 13.6. The summed E-state index contributed by atoms with van der Waals surface area (Å²) in [6.07, 6.45) is 2.77. The van der Waals surface area contributed by atoms with E-state index in [0.29, 0.717) is 18.9 Å². The first-order chi connectivity index (χ1) is 10.00. The molecular formula is C17H27ClN2O2. The second-order valence-corrected chi connectivity index (χ2v) is 6.29. The van der Waals surface area contributed by atoms with Gasteiger partial charge < -0.3 is 15.8 Å². The average molecular weight is 327 g/mol. The van der Waals surface area contributed by atoms with Crippen LogP contribution < -0.4 is 15.8 Å². The molecule has 1 aromatic carbocycles. The van der Waals surface area contributed by atoms with E-state index in [0.717, 1.165) is 24.2 Å². The van der Waals surface area contributed by atoms with Crippen LogP contribution in [-0.2, 0) is 4.79 Å². The van der Waals surface area contributed by atoms with Crippen molar-refractivity contribution < 1.29 is 9.53 Å². The van der Waals surface area contributed by atoms with E-state index in [-0.39, 0.29) is 29.8 Å². The van der Waals surface area contributed by atoms with Gasteiger partial charge >= 0.3 is 0 Å². The molecule has 2 atom stereocenters. The van der Waals surface area contributed by atoms with Crippen LogP contribution in [-0.4, -0.2) is 25.1 Å². The maximum atomic E-state index is 12.3. The van der Waals surface area contributed by atoms with Crippen molar-refractivity contribution in [3.05, 3.63) is 29.8 Å². The number of nitrogens with one attached hydrogen (secondary N) is 1. The van der Waals surface area contributed by atoms with Crippen LogP contribution in [0.1, 0.15) is 44.6 Å². The van der Waals surface area contributed by atoms with Gasteiger partial charge in [0, 0.05) is 13.0 Å². The zero-order chi connectivity index (χ0) is 15.5. The molecule has 1 aliphatic rings. The van der Waals surface area contributed by atoms with Gasteiger partial charge in [0.15, 0.2) is 0 Å². The first-order valence-electron chi connectivity index (χ1n) is 7.64. The highest BCUT2D eigenvalue weighted by atomic mass is 35.5. The maximum Gasteiger partial charge on any atom is 0.221 e. The molecule has 1 amide bonds. The van der Waals surface area contributed by atoms with Gasteiger partial charge in [-0.15, -0.1) is 12.4 Å². The van der Waals surface area contributed by atoms with Crippen LogP contribution in [0, 0.1) is 5.92 Å². The molecule has 1 aliphatic carbocycles. The largest absolute Gasteiger partial charge is 0.496 e. The van der Waals surface area contributed by atoms with Gasteiger partial charge in [-0.1, -0.05) is 25.1 Å². The van der Waals surface area contributed by atoms with Crippen LogP contribution >= 0.6 is 12.4 Å². The summed E-state index contributed by atoms with van der Waals surface area (Å²) < 4.78 is 5.37. The van der Waals surface area contributed by atoms with Gasteiger partial charge in [0.1, 0.15) is 5.75 Å². The highest BCUT2D eigenvalue weighted by Gasteiger charge is 2.41. The van der Waals surface area contributed by atoms with Crippen molar-refractivity contribution in [2.45, 2.75) is 44.6 Å². The fourth-order valence-electron chi connectivity index (χ4n) is 2.87. The number of amides is 1. The van der Waals surface area contributed by atoms with Crippen molar-refractivity contribution in [2.24, 2.45) is 11.7 Å². The number of methoxy groups -OCH3 is 1. The SMILES string of the molecule is COc1ccccc1C(C)CC(=O)NC(C)(CN)C1CC1.Cl. The predicted molar refractivity (Wildman–Crippen MR) is 91.6 cm³/mol. The van der Waals surface area contributed by atoms with Gasteiger partial charge in [0.25, 0.3) is 0 Å². The second kappa shape index (κ2) is 7.84. The molecule has 2 unspecified atom stereocenters. The minimum atomic E-state index is -0.252. The summed E-state index contributed by atoms with van der Waals surface area (Å²) in [7, 11) is 1.66. The lowest BCUT2D eigenvalue weighted by atomic mass is 9.93. The van der Waals surface area contributed by atoms with Crippen LogP contribution in [0.25, 0.3) is 0 Å². The Morgan fingerprint density at radius 3 is 2.64 bits per heavy atom. The van der Waals surface area contributed by atoms with Crippen molar-refractivity contribution in [1.82, 2.24) is 5.32 Å². The van der Waals surface area contributed by atoms with Crippen molar-refractivity contribution in [3.8, 4) is 5.75 Å². The molecule has 4 nitrogen and oxygen atoms in total. The summed E-state index contributed by atoms with van der Waals surface area (Å²) in [5.41, 5.74) is 6.66. The Morgan fingerprint density at radius 2 is 2.09 bits per heavy atom. The highest BCUT2D eigenvalue weighted by Crippen LogP contribution is 2.39. The van der Waals surface area contributed by atoms with E-state index in [1.54, 1.807) is 7.11 Å². The average Bonchev–Trinajstić information content (AvgIpc) is 3.31. The number of hydrogen-bond acceptors (Lipinski definition) is 3. The number of carbonyl (C=O) groups excluding carboxylic acids is 1. The van der Waals surface area contributed by atoms with Crippen molar-refractivity contribution in [1.29, 1.82) is 0 Å². The Hall–Kier alpha value is -1.26. The molecule has 0 bridgehead atoms. The van der Waals surface area contributed by atoms with Crippen molar-refractivity contribution in [3.63, 3.8) is 0 Å². The number of carbonyl (C=O) groups is 1. The zero-order valence-corrected chi connectivity index (χ0v) is 14.4. The summed E-state index contributed by atoms with van der Waals surface area (Å²) in [5, 5.41) is 3.14. The molecular weight excluding hydrogens is 300 g/mol. The summed E-state index contributed by atoms with van der Waals surface area (Å²) in [6.45, 7) is 4.59. The second-order valence-electron chi connectivity index (χ2n) is 6.29. The highest BCUT2D eigenvalue weighted by molar-refractivity contribution is 5.85. The number of nitrogens with two attached hydrogens (primary N) is 1. The number of benzene rings is 1. The predicted octanol–water partition coefficient (Wildman–Crippen LogP) is 2.85. The summed E-state index contributed by atoms with van der Waals surface area (Å²) in [4.78, 5) is 12.3. The molecule has 0 heterocycles. The number of ether oxygens (including phenoxy) is 1. The van der Waals surface area contributed by atoms with Gasteiger partial charge in [-0.3, -0.25) is 4.79 Å². The standard InChI is InChI=1S/C17H26N2O2.ClH/c1-12(14-6-4-5-7-15(14)21-3)10-16(20)19-17(2,11-18)13-8-9-13;/h4-7,12-13H,8-11,18H2,1-3H3,(H,19,20);1H. The van der Waals surface area contributed by atoms with Crippen LogP contribution in [0.5, 0.6) is 5.75 Å². The molecule has 3 N–H and O–H groups in total. The first-order valence-corrected chi connectivity index (χ1v) is 7.64. The lowest BCUT2D eigenvalue weighted by Crippen LogP contribution is -2.53. The minimum Gasteiger partial charge on any atom is -0.496 e. The summed E-state index contributed by atoms with van der Waals surface area (Å²) >= 11 is 0. The third-order valence-electron chi connectivity index (χ3n) is 4.49. The number of para-hydroxylation sites is 1. The van der Waals surface area contributed by atoms with E-state index in [2.05, 4.69) is 12.2 Å². The lowest BCUT2D eigenvalue weighted by molar-refractivity contribution is -0.123. The molecule has 0 spiro atoms. The summed E-state index contributed by atoms with van der Waals surface area (Å²) in [6, 6.07) is 7.85. The first kappa shape index (κ1) is 18.8. The monoisotopic (exact) mass is 326 g/mol. The van der Waals surface area contributed by atoms with E-state index < -0.39 is 0 Å². The molecule has 5 heteroatoms. The van der Waals surface area contributed by atoms with E-state index in [1.807, 2.05) is 31.2 Å². The molecule has 0 radical (unpaired) electrons. The smallest absolute Gasteiger partial charge is 0.221 e. The van der Waals surface area contributed by atoms with Gasteiger partial charge in [-0.2, -0.15) is 0 Å². The molecule has 2 rings (SSSR count). The van der Waals surface area contributed by atoms with Gasteiger partial charge in [-0.25, -0.2) is 0 Å². The topological polar surface area (TPSA) is 64.3 Å². The van der Waals surface area contributed by atoms with Crippen LogP contribution in [0.4, 0.5) is 0 Å². The van der Waals surface area contributed by atoms with E-state index in [9.17, 15) is 4.79 Å². The number of hydrogen-bond donors (Lipinski definition) is 2. The molecule has 0 aliphatic heterocycles. The molecule has 0 saturated heterocycles. The number of rotatable bonds is 7. The molecule has 0 aromatic heterocycles. The van der Waals surface area contributed by atoms with Gasteiger partial charge in [0.05, 0.1) is 12.6 Å². The fourth-order valence-corrected chi connectivity index (χ4v) is 2.87. The normalized spacial score (nSPS) is 17.8. The Kier molecular flexibility index (Phi) is 6.69. The Labute approximate surface area is 139 Å². The van der Waals surface area contributed by atoms with Crippen molar-refractivity contribution >= 4 is 18.3 Å². The molecule has 1 aromatic rings. The minimum absolute atomic E-state index is 0. The Balaban J connectivity index is 0.00000242. The van der Waals surface area contributed by atoms with E-state index in [4.69, 9.17) is 10.5 Å². The van der Waals surface area contributed by atoms with Gasteiger partial charge in [0.2, 0.25) is 5.91 Å². The lowest BCUT2D eigenvalue weighted by Gasteiger charge is -2.30. The Bertz CT molecular complexity index is 505.